The highest BCUT2D eigenvalue weighted by atomic mass is 16.6. The molecule has 0 saturated heterocycles. The molecule has 49 heavy (non-hydrogen) atoms. The van der Waals surface area contributed by atoms with Crippen LogP contribution in [0.1, 0.15) is 117 Å². The number of hydrogen-bond acceptors (Lipinski definition) is 4. The van der Waals surface area contributed by atoms with Crippen LogP contribution < -0.4 is 0 Å². The Morgan fingerprint density at radius 2 is 0.816 bits per heavy atom. The van der Waals surface area contributed by atoms with E-state index < -0.39 is 6.10 Å². The lowest BCUT2D eigenvalue weighted by atomic mass is 10.2. The summed E-state index contributed by atoms with van der Waals surface area (Å²) in [7, 11) is 0. The van der Waals surface area contributed by atoms with E-state index in [1.807, 2.05) is 0 Å². The monoisotopic (exact) mass is 673 g/mol. The Morgan fingerprint density at radius 1 is 0.490 bits per heavy atom. The van der Waals surface area contributed by atoms with Crippen molar-refractivity contribution in [1.29, 1.82) is 0 Å². The number of allylic oxidation sites excluding steroid dienone is 22. The number of carbonyl (C=O) groups is 1. The van der Waals surface area contributed by atoms with Gasteiger partial charge >= 0.3 is 5.97 Å². The van der Waals surface area contributed by atoms with Gasteiger partial charge in [0, 0.05) is 13.0 Å². The maximum Gasteiger partial charge on any atom is 0.306 e. The van der Waals surface area contributed by atoms with Crippen LogP contribution in [-0.4, -0.2) is 37.0 Å². The van der Waals surface area contributed by atoms with Crippen LogP contribution in [0.4, 0.5) is 0 Å². The van der Waals surface area contributed by atoms with Crippen LogP contribution in [0, 0.1) is 0 Å². The van der Waals surface area contributed by atoms with Gasteiger partial charge in [0.05, 0.1) is 13.2 Å². The molecule has 4 heteroatoms. The number of esters is 1. The first-order valence-corrected chi connectivity index (χ1v) is 18.8. The zero-order chi connectivity index (χ0) is 35.6. The fourth-order valence-electron chi connectivity index (χ4n) is 4.26. The van der Waals surface area contributed by atoms with Crippen molar-refractivity contribution in [3.63, 3.8) is 0 Å². The Labute approximate surface area is 300 Å². The van der Waals surface area contributed by atoms with Gasteiger partial charge in [-0.3, -0.25) is 4.79 Å². The predicted octanol–water partition coefficient (Wildman–Crippen LogP) is 12.3. The Kier molecular flexibility index (Phi) is 37.8. The van der Waals surface area contributed by atoms with E-state index in [1.54, 1.807) is 0 Å². The molecule has 0 radical (unpaired) electrons. The van der Waals surface area contributed by atoms with E-state index in [4.69, 9.17) is 9.47 Å². The summed E-state index contributed by atoms with van der Waals surface area (Å²) < 4.78 is 11.0. The van der Waals surface area contributed by atoms with Gasteiger partial charge in [0.2, 0.25) is 0 Å². The minimum absolute atomic E-state index is 0.225. The lowest BCUT2D eigenvalue weighted by Crippen LogP contribution is -2.27. The van der Waals surface area contributed by atoms with Gasteiger partial charge in [-0.25, -0.2) is 0 Å². The van der Waals surface area contributed by atoms with Gasteiger partial charge in [-0.15, -0.1) is 0 Å². The maximum absolute atomic E-state index is 12.1. The van der Waals surface area contributed by atoms with Gasteiger partial charge in [0.1, 0.15) is 6.10 Å². The van der Waals surface area contributed by atoms with Crippen molar-refractivity contribution in [3.8, 4) is 0 Å². The summed E-state index contributed by atoms with van der Waals surface area (Å²) in [6.07, 6.45) is 62.2. The Balaban J connectivity index is 3.74. The van der Waals surface area contributed by atoms with Gasteiger partial charge < -0.3 is 14.6 Å². The van der Waals surface area contributed by atoms with E-state index in [9.17, 15) is 9.90 Å². The molecule has 0 aromatic heterocycles. The molecule has 0 bridgehead atoms. The van der Waals surface area contributed by atoms with E-state index >= 15 is 0 Å². The van der Waals surface area contributed by atoms with Gasteiger partial charge in [-0.1, -0.05) is 148 Å². The average Bonchev–Trinajstić information content (AvgIpc) is 3.11. The summed E-state index contributed by atoms with van der Waals surface area (Å²) in [6.45, 7) is 4.88. The zero-order valence-corrected chi connectivity index (χ0v) is 30.9. The molecule has 1 unspecified atom stereocenters. The van der Waals surface area contributed by atoms with Crippen molar-refractivity contribution >= 4 is 5.97 Å². The molecular formula is C45H68O4. The molecule has 0 aromatic rings. The van der Waals surface area contributed by atoms with Crippen LogP contribution in [0.2, 0.25) is 0 Å². The minimum Gasteiger partial charge on any atom is -0.457 e. The largest absolute Gasteiger partial charge is 0.457 e. The molecule has 0 fully saturated rings. The number of rotatable bonds is 32. The van der Waals surface area contributed by atoms with Crippen LogP contribution in [0.5, 0.6) is 0 Å². The summed E-state index contributed by atoms with van der Waals surface area (Å²) in [5.74, 6) is -0.284. The average molecular weight is 673 g/mol. The van der Waals surface area contributed by atoms with E-state index in [1.165, 1.54) is 0 Å². The number of aliphatic hydroxyl groups is 1. The standard InChI is InChI=1S/C45H68O4/c1-3-5-7-9-11-13-15-17-19-20-21-22-23-24-25-26-27-28-30-32-34-36-38-40-45(47)49-44(42-46)43-48-41-39-37-35-33-31-29-18-16-14-12-10-8-6-4-2/h5-8,11-14,17-19,21-22,24-25,27-29,32-35,44,46H,3-4,9-10,15-16,20,23,26,30-31,36-43H2,1-2H3/b7-5-,8-6-,13-11-,14-12-,19-17-,22-21-,25-24-,28-27-,29-18-,34-32-,35-33-. The molecule has 0 amide bonds. The first kappa shape index (κ1) is 45.5. The van der Waals surface area contributed by atoms with Crippen LogP contribution >= 0.6 is 0 Å². The third-order valence-corrected chi connectivity index (χ3v) is 6.97. The fourth-order valence-corrected chi connectivity index (χ4v) is 4.26. The second kappa shape index (κ2) is 40.7. The molecule has 0 aliphatic heterocycles. The SMILES string of the molecule is CC/C=C\C/C=C\C/C=C\C/C=C\C/C=C\C/C=C\C/C=C\CCCC(=O)OC(CO)COCCC/C=C\C/C=C\C/C=C\C/C=C\CC. The first-order chi connectivity index (χ1) is 24.2. The van der Waals surface area contributed by atoms with Crippen molar-refractivity contribution in [3.05, 3.63) is 134 Å². The molecule has 0 saturated carbocycles. The topological polar surface area (TPSA) is 55.8 Å². The van der Waals surface area contributed by atoms with Crippen molar-refractivity contribution in [1.82, 2.24) is 0 Å². The van der Waals surface area contributed by atoms with E-state index in [2.05, 4.69) is 148 Å². The summed E-state index contributed by atoms with van der Waals surface area (Å²) in [6, 6.07) is 0. The second-order valence-electron chi connectivity index (χ2n) is 11.5. The number of aliphatic hydroxyl groups excluding tert-OH is 1. The molecule has 0 aliphatic rings. The molecular weight excluding hydrogens is 604 g/mol. The molecule has 0 aliphatic carbocycles. The summed E-state index contributed by atoms with van der Waals surface area (Å²) >= 11 is 0. The fraction of sp³-hybridized carbons (Fsp3) is 0.489. The Hall–Kier alpha value is -3.47. The first-order valence-electron chi connectivity index (χ1n) is 18.8. The third kappa shape index (κ3) is 38.9. The van der Waals surface area contributed by atoms with Gasteiger partial charge in [-0.05, 0) is 96.3 Å². The van der Waals surface area contributed by atoms with Crippen LogP contribution in [0.15, 0.2) is 134 Å². The van der Waals surface area contributed by atoms with Gasteiger partial charge in [0.25, 0.3) is 0 Å². The number of ether oxygens (including phenoxy) is 2. The molecule has 1 atom stereocenters. The van der Waals surface area contributed by atoms with Gasteiger partial charge in [-0.2, -0.15) is 0 Å². The maximum atomic E-state index is 12.1. The van der Waals surface area contributed by atoms with Crippen molar-refractivity contribution < 1.29 is 19.4 Å². The third-order valence-electron chi connectivity index (χ3n) is 6.97. The number of unbranched alkanes of at least 4 members (excludes halogenated alkanes) is 2. The Bertz CT molecular complexity index is 1060. The quantitative estimate of drug-likeness (QED) is 0.0439. The van der Waals surface area contributed by atoms with E-state index in [0.29, 0.717) is 13.0 Å². The Morgan fingerprint density at radius 3 is 1.16 bits per heavy atom. The minimum atomic E-state index is -0.603. The highest BCUT2D eigenvalue weighted by Crippen LogP contribution is 2.05. The van der Waals surface area contributed by atoms with Crippen molar-refractivity contribution in [2.45, 2.75) is 123 Å². The lowest BCUT2D eigenvalue weighted by molar-refractivity contribution is -0.154. The van der Waals surface area contributed by atoms with Gasteiger partial charge in [0.15, 0.2) is 0 Å². The molecule has 1 N–H and O–H groups in total. The van der Waals surface area contributed by atoms with E-state index in [0.717, 1.165) is 96.3 Å². The van der Waals surface area contributed by atoms with E-state index in [-0.39, 0.29) is 19.2 Å². The molecule has 0 heterocycles. The lowest BCUT2D eigenvalue weighted by Gasteiger charge is -2.15. The van der Waals surface area contributed by atoms with Crippen LogP contribution in [0.25, 0.3) is 0 Å². The second-order valence-corrected chi connectivity index (χ2v) is 11.5. The normalized spacial score (nSPS) is 13.9. The molecule has 272 valence electrons. The molecule has 0 rings (SSSR count). The predicted molar refractivity (Wildman–Crippen MR) is 214 cm³/mol. The summed E-state index contributed by atoms with van der Waals surface area (Å²) in [5, 5.41) is 9.55. The smallest absolute Gasteiger partial charge is 0.306 e. The van der Waals surface area contributed by atoms with Crippen molar-refractivity contribution in [2.75, 3.05) is 19.8 Å². The number of carbonyl (C=O) groups excluding carboxylic acids is 1. The zero-order valence-electron chi connectivity index (χ0n) is 30.9. The highest BCUT2D eigenvalue weighted by molar-refractivity contribution is 5.69. The molecule has 4 nitrogen and oxygen atoms in total. The van der Waals surface area contributed by atoms with Crippen molar-refractivity contribution in [2.24, 2.45) is 0 Å². The molecule has 0 spiro atoms. The van der Waals surface area contributed by atoms with Crippen LogP contribution in [0.3, 0.4) is 0 Å². The summed E-state index contributed by atoms with van der Waals surface area (Å²) in [4.78, 5) is 12.1. The molecule has 0 aromatic carbocycles. The highest BCUT2D eigenvalue weighted by Gasteiger charge is 2.13. The summed E-state index contributed by atoms with van der Waals surface area (Å²) in [5.41, 5.74) is 0. The number of hydrogen-bond donors (Lipinski definition) is 1. The van der Waals surface area contributed by atoms with Crippen LogP contribution in [-0.2, 0) is 14.3 Å².